The molecule has 3 aliphatic heterocycles. The summed E-state index contributed by atoms with van der Waals surface area (Å²) in [6.07, 6.45) is 0.131. The number of likely N-dealkylation sites (tertiary alicyclic amines) is 1. The van der Waals surface area contributed by atoms with E-state index in [4.69, 9.17) is 9.47 Å². The van der Waals surface area contributed by atoms with E-state index in [1.807, 2.05) is 60.7 Å². The van der Waals surface area contributed by atoms with Crippen molar-refractivity contribution in [1.82, 2.24) is 10.2 Å². The fourth-order valence-corrected chi connectivity index (χ4v) is 7.93. The lowest BCUT2D eigenvalue weighted by Crippen LogP contribution is -2.57. The second kappa shape index (κ2) is 12.1. The molecular weight excluding hydrogens is 614 g/mol. The molecule has 3 N–H and O–H groups in total. The van der Waals surface area contributed by atoms with Crippen molar-refractivity contribution in [2.45, 2.75) is 48.0 Å². The number of ether oxygens (including phenoxy) is 2. The molecule has 6 rings (SSSR count). The molecule has 0 aliphatic carbocycles. The Bertz CT molecular complexity index is 1470. The minimum absolute atomic E-state index is 0.234. The van der Waals surface area contributed by atoms with Crippen molar-refractivity contribution < 1.29 is 29.0 Å². The lowest BCUT2D eigenvalue weighted by Gasteiger charge is -2.37. The van der Waals surface area contributed by atoms with E-state index in [-0.39, 0.29) is 23.2 Å². The Morgan fingerprint density at radius 3 is 2.30 bits per heavy atom. The van der Waals surface area contributed by atoms with Gasteiger partial charge in [-0.05, 0) is 48.2 Å². The minimum Gasteiger partial charge on any atom is -0.497 e. The van der Waals surface area contributed by atoms with Crippen LogP contribution in [0.5, 0.6) is 5.75 Å². The summed E-state index contributed by atoms with van der Waals surface area (Å²) in [5.41, 5.74) is 1.13. The van der Waals surface area contributed by atoms with Gasteiger partial charge in [0.25, 0.3) is 0 Å². The molecule has 0 radical (unpaired) electrons. The van der Waals surface area contributed by atoms with E-state index in [2.05, 4.69) is 26.6 Å². The van der Waals surface area contributed by atoms with Crippen molar-refractivity contribution in [2.75, 3.05) is 19.0 Å². The van der Waals surface area contributed by atoms with Crippen LogP contribution in [0, 0.1) is 11.8 Å². The second-order valence-electron chi connectivity index (χ2n) is 11.4. The molecule has 3 fully saturated rings. The maximum atomic E-state index is 14.5. The van der Waals surface area contributed by atoms with Crippen LogP contribution in [0.3, 0.4) is 0 Å². The van der Waals surface area contributed by atoms with Crippen LogP contribution in [0.25, 0.3) is 0 Å². The summed E-state index contributed by atoms with van der Waals surface area (Å²) in [7, 11) is 1.56. The molecule has 3 heterocycles. The number of halogens is 1. The van der Waals surface area contributed by atoms with E-state index in [9.17, 15) is 19.5 Å². The number of anilines is 1. The molecule has 43 heavy (non-hydrogen) atoms. The predicted octanol–water partition coefficient (Wildman–Crippen LogP) is 3.30. The summed E-state index contributed by atoms with van der Waals surface area (Å²) in [4.78, 5) is 43.7. The van der Waals surface area contributed by atoms with Gasteiger partial charge in [0.1, 0.15) is 17.4 Å². The summed E-state index contributed by atoms with van der Waals surface area (Å²) in [6.45, 7) is -0.0517. The molecule has 7 atom stereocenters. The first-order valence-electron chi connectivity index (χ1n) is 14.4. The minimum atomic E-state index is -1.24. The molecule has 0 aromatic heterocycles. The number of hydrogen-bond donors (Lipinski definition) is 3. The smallest absolute Gasteiger partial charge is 0.250 e. The lowest BCUT2D eigenvalue weighted by atomic mass is 9.70. The Morgan fingerprint density at radius 2 is 1.67 bits per heavy atom. The highest BCUT2D eigenvalue weighted by Gasteiger charge is 2.77. The topological polar surface area (TPSA) is 117 Å². The molecule has 3 saturated heterocycles. The average molecular weight is 649 g/mol. The maximum Gasteiger partial charge on any atom is 0.250 e. The SMILES string of the molecule is COc1ccc(NC(=O)C2N([C@@H](CO)Cc3ccccc3)C(=O)[C@@H]3[C@H](C(=O)NCc4ccccc4)[C@H]4OC23CC4Br)cc1. The van der Waals surface area contributed by atoms with Gasteiger partial charge in [-0.1, -0.05) is 76.6 Å². The monoisotopic (exact) mass is 647 g/mol. The number of carbonyl (C=O) groups excluding carboxylic acids is 3. The maximum absolute atomic E-state index is 14.5. The number of aliphatic hydroxyl groups excluding tert-OH is 1. The number of fused-ring (bicyclic) bond motifs is 1. The molecule has 224 valence electrons. The van der Waals surface area contributed by atoms with E-state index in [0.29, 0.717) is 30.8 Å². The van der Waals surface area contributed by atoms with E-state index >= 15 is 0 Å². The van der Waals surface area contributed by atoms with Crippen LogP contribution in [0.1, 0.15) is 17.5 Å². The average Bonchev–Trinajstić information content (AvgIpc) is 3.63. The molecule has 9 nitrogen and oxygen atoms in total. The molecule has 3 unspecified atom stereocenters. The van der Waals surface area contributed by atoms with Crippen molar-refractivity contribution in [3.05, 3.63) is 96.1 Å². The number of aliphatic hydroxyl groups is 1. The summed E-state index contributed by atoms with van der Waals surface area (Å²) in [6, 6.07) is 24.2. The molecule has 3 amide bonds. The third-order valence-corrected chi connectivity index (χ3v) is 9.71. The molecule has 2 bridgehead atoms. The van der Waals surface area contributed by atoms with Gasteiger partial charge in [0.05, 0.1) is 37.7 Å². The number of benzene rings is 3. The number of nitrogens with one attached hydrogen (secondary N) is 2. The van der Waals surface area contributed by atoms with Gasteiger partial charge in [-0.15, -0.1) is 0 Å². The third kappa shape index (κ3) is 5.32. The lowest BCUT2D eigenvalue weighted by molar-refractivity contribution is -0.144. The normalized spacial score (nSPS) is 27.9. The van der Waals surface area contributed by atoms with Crippen molar-refractivity contribution in [3.63, 3.8) is 0 Å². The summed E-state index contributed by atoms with van der Waals surface area (Å²) in [5, 5.41) is 16.6. The van der Waals surface area contributed by atoms with E-state index in [1.54, 1.807) is 31.4 Å². The quantitative estimate of drug-likeness (QED) is 0.291. The van der Waals surface area contributed by atoms with Crippen LogP contribution in [0.15, 0.2) is 84.9 Å². The van der Waals surface area contributed by atoms with Crippen LogP contribution in [-0.2, 0) is 32.1 Å². The first-order valence-corrected chi connectivity index (χ1v) is 15.3. The van der Waals surface area contributed by atoms with E-state index in [1.165, 1.54) is 4.90 Å². The summed E-state index contributed by atoms with van der Waals surface area (Å²) in [5.74, 6) is -2.12. The predicted molar refractivity (Wildman–Crippen MR) is 163 cm³/mol. The highest BCUT2D eigenvalue weighted by Crippen LogP contribution is 2.60. The van der Waals surface area contributed by atoms with E-state index < -0.39 is 41.5 Å². The highest BCUT2D eigenvalue weighted by atomic mass is 79.9. The zero-order valence-corrected chi connectivity index (χ0v) is 25.3. The zero-order valence-electron chi connectivity index (χ0n) is 23.7. The van der Waals surface area contributed by atoms with Crippen LogP contribution in [-0.4, -0.2) is 70.1 Å². The zero-order chi connectivity index (χ0) is 30.1. The first-order chi connectivity index (χ1) is 20.9. The largest absolute Gasteiger partial charge is 0.497 e. The van der Waals surface area contributed by atoms with Crippen molar-refractivity contribution in [3.8, 4) is 5.75 Å². The van der Waals surface area contributed by atoms with Crippen LogP contribution < -0.4 is 15.4 Å². The standard InChI is InChI=1S/C33H34BrN3O6/c1-42-24-14-12-22(13-15-24)36-31(40)29-33-17-25(34)28(43-33)26(30(39)35-18-21-10-6-3-7-11-21)27(33)32(41)37(29)23(19-38)16-20-8-4-2-5-9-20/h2-15,23,25-29,38H,16-19H2,1H3,(H,35,39)(H,36,40)/t23-,25?,26+,27+,28+,29?,33?/m1/s1. The van der Waals surface area contributed by atoms with Gasteiger partial charge in [-0.2, -0.15) is 0 Å². The second-order valence-corrected chi connectivity index (χ2v) is 12.5. The number of amides is 3. The molecule has 10 heteroatoms. The van der Waals surface area contributed by atoms with Gasteiger partial charge >= 0.3 is 0 Å². The Hall–Kier alpha value is -3.73. The fourth-order valence-electron chi connectivity index (χ4n) is 6.98. The molecule has 3 aliphatic rings. The molecule has 3 aromatic rings. The van der Waals surface area contributed by atoms with E-state index in [0.717, 1.165) is 11.1 Å². The van der Waals surface area contributed by atoms with Gasteiger partial charge < -0.3 is 30.1 Å². The van der Waals surface area contributed by atoms with Gasteiger partial charge in [0.2, 0.25) is 17.7 Å². The van der Waals surface area contributed by atoms with Crippen molar-refractivity contribution in [2.24, 2.45) is 11.8 Å². The number of methoxy groups -OCH3 is 1. The van der Waals surface area contributed by atoms with Crippen molar-refractivity contribution >= 4 is 39.3 Å². The number of hydrogen-bond acceptors (Lipinski definition) is 6. The Morgan fingerprint density at radius 1 is 1.02 bits per heavy atom. The third-order valence-electron chi connectivity index (χ3n) is 8.86. The van der Waals surface area contributed by atoms with Crippen LogP contribution in [0.2, 0.25) is 0 Å². The van der Waals surface area contributed by atoms with Gasteiger partial charge in [-0.3, -0.25) is 14.4 Å². The first kappa shape index (κ1) is 29.3. The summed E-state index contributed by atoms with van der Waals surface area (Å²) >= 11 is 3.71. The molecular formula is C33H34BrN3O6. The molecule has 1 spiro atoms. The Labute approximate surface area is 258 Å². The summed E-state index contributed by atoms with van der Waals surface area (Å²) < 4.78 is 11.8. The number of carbonyl (C=O) groups is 3. The van der Waals surface area contributed by atoms with Crippen LogP contribution >= 0.6 is 15.9 Å². The Balaban J connectivity index is 1.35. The van der Waals surface area contributed by atoms with Crippen LogP contribution in [0.4, 0.5) is 5.69 Å². The number of alkyl halides is 1. The number of rotatable bonds is 10. The highest BCUT2D eigenvalue weighted by molar-refractivity contribution is 9.09. The Kier molecular flexibility index (Phi) is 8.26. The van der Waals surface area contributed by atoms with Crippen molar-refractivity contribution in [1.29, 1.82) is 0 Å². The van der Waals surface area contributed by atoms with Gasteiger partial charge in [0.15, 0.2) is 0 Å². The fraction of sp³-hybridized carbons (Fsp3) is 0.364. The molecule has 0 saturated carbocycles. The van der Waals surface area contributed by atoms with Gasteiger partial charge in [0, 0.05) is 17.1 Å². The molecule has 3 aromatic carbocycles. The van der Waals surface area contributed by atoms with Gasteiger partial charge in [-0.25, -0.2) is 0 Å². The number of nitrogens with zero attached hydrogens (tertiary/aromatic N) is 1.